The number of nitrogens with zero attached hydrogens (tertiary/aromatic N) is 1. The van der Waals surface area contributed by atoms with Gasteiger partial charge in [-0.1, -0.05) is 36.4 Å². The number of aryl methyl sites for hydroxylation is 1. The number of ether oxygens (including phenoxy) is 1. The molecule has 26 heavy (non-hydrogen) atoms. The highest BCUT2D eigenvalue weighted by Crippen LogP contribution is 2.23. The summed E-state index contributed by atoms with van der Waals surface area (Å²) in [6.07, 6.45) is 2.39. The minimum atomic E-state index is -0.0107. The van der Waals surface area contributed by atoms with Crippen LogP contribution in [-0.4, -0.2) is 36.6 Å². The number of anilines is 1. The number of carbonyl (C=O) groups is 1. The molecule has 0 spiro atoms. The molecule has 2 aromatic rings. The minimum Gasteiger partial charge on any atom is -0.377 e. The lowest BCUT2D eigenvalue weighted by Crippen LogP contribution is -2.38. The highest BCUT2D eigenvalue weighted by molar-refractivity contribution is 9.10. The second-order valence-corrected chi connectivity index (χ2v) is 7.68. The van der Waals surface area contributed by atoms with Crippen molar-refractivity contribution >= 4 is 27.5 Å². The molecular weight excluding hydrogens is 392 g/mol. The molecule has 1 saturated heterocycles. The Bertz CT molecular complexity index is 730. The summed E-state index contributed by atoms with van der Waals surface area (Å²) in [5, 5.41) is 3.01. The van der Waals surface area contributed by atoms with Crippen molar-refractivity contribution in [1.29, 1.82) is 0 Å². The molecule has 1 fully saturated rings. The van der Waals surface area contributed by atoms with Crippen molar-refractivity contribution in [3.63, 3.8) is 0 Å². The van der Waals surface area contributed by atoms with E-state index in [1.165, 1.54) is 5.56 Å². The lowest BCUT2D eigenvalue weighted by Gasteiger charge is -2.25. The van der Waals surface area contributed by atoms with Crippen molar-refractivity contribution in [2.75, 3.05) is 25.0 Å². The summed E-state index contributed by atoms with van der Waals surface area (Å²) in [5.41, 5.74) is 3.16. The molecular formula is C21H25BrN2O2. The van der Waals surface area contributed by atoms with E-state index < -0.39 is 0 Å². The van der Waals surface area contributed by atoms with Gasteiger partial charge in [0, 0.05) is 24.2 Å². The second-order valence-electron chi connectivity index (χ2n) is 6.82. The van der Waals surface area contributed by atoms with Crippen LogP contribution in [0.5, 0.6) is 0 Å². The maximum atomic E-state index is 12.6. The second kappa shape index (κ2) is 9.31. The van der Waals surface area contributed by atoms with Gasteiger partial charge in [-0.15, -0.1) is 0 Å². The Hall–Kier alpha value is -1.69. The molecule has 0 radical (unpaired) electrons. The first-order chi connectivity index (χ1) is 12.6. The summed E-state index contributed by atoms with van der Waals surface area (Å²) in [7, 11) is 0. The van der Waals surface area contributed by atoms with Gasteiger partial charge in [0.05, 0.1) is 18.3 Å². The van der Waals surface area contributed by atoms with Crippen molar-refractivity contribution < 1.29 is 9.53 Å². The molecule has 1 aliphatic heterocycles. The van der Waals surface area contributed by atoms with Crippen LogP contribution in [0.25, 0.3) is 0 Å². The SMILES string of the molecule is Cc1ccc(NC(=O)CN(Cc2ccccc2)CC2CCCO2)c(Br)c1. The van der Waals surface area contributed by atoms with Crippen molar-refractivity contribution in [2.45, 2.75) is 32.4 Å². The van der Waals surface area contributed by atoms with Crippen LogP contribution in [0.15, 0.2) is 53.0 Å². The Morgan fingerprint density at radius 2 is 2.08 bits per heavy atom. The van der Waals surface area contributed by atoms with Crippen LogP contribution in [0.1, 0.15) is 24.0 Å². The van der Waals surface area contributed by atoms with E-state index in [1.807, 2.05) is 43.3 Å². The molecule has 0 aliphatic carbocycles. The number of halogens is 1. The number of hydrogen-bond donors (Lipinski definition) is 1. The van der Waals surface area contributed by atoms with E-state index in [0.29, 0.717) is 6.54 Å². The number of nitrogens with one attached hydrogen (secondary N) is 1. The summed E-state index contributed by atoms with van der Waals surface area (Å²) >= 11 is 3.52. The highest BCUT2D eigenvalue weighted by atomic mass is 79.9. The van der Waals surface area contributed by atoms with Gasteiger partial charge in [-0.3, -0.25) is 9.69 Å². The topological polar surface area (TPSA) is 41.6 Å². The number of rotatable bonds is 7. The van der Waals surface area contributed by atoms with E-state index in [4.69, 9.17) is 4.74 Å². The minimum absolute atomic E-state index is 0.0107. The zero-order valence-corrected chi connectivity index (χ0v) is 16.7. The van der Waals surface area contributed by atoms with E-state index in [9.17, 15) is 4.79 Å². The van der Waals surface area contributed by atoms with Gasteiger partial charge in [0.1, 0.15) is 0 Å². The van der Waals surface area contributed by atoms with Crippen LogP contribution in [-0.2, 0) is 16.1 Å². The number of amides is 1. The molecule has 4 nitrogen and oxygen atoms in total. The van der Waals surface area contributed by atoms with E-state index in [1.54, 1.807) is 0 Å². The van der Waals surface area contributed by atoms with Gasteiger partial charge < -0.3 is 10.1 Å². The standard InChI is InChI=1S/C21H25BrN2O2/c1-16-9-10-20(19(22)12-16)23-21(25)15-24(14-18-8-5-11-26-18)13-17-6-3-2-4-7-17/h2-4,6-7,9-10,12,18H,5,8,11,13-15H2,1H3,(H,23,25). The van der Waals surface area contributed by atoms with Gasteiger partial charge in [0.15, 0.2) is 0 Å². The Labute approximate surface area is 163 Å². The maximum Gasteiger partial charge on any atom is 0.238 e. The van der Waals surface area contributed by atoms with Crippen LogP contribution in [0, 0.1) is 6.92 Å². The third-order valence-electron chi connectivity index (χ3n) is 4.50. The first-order valence-corrected chi connectivity index (χ1v) is 9.83. The normalized spacial score (nSPS) is 16.8. The van der Waals surface area contributed by atoms with Crippen LogP contribution < -0.4 is 5.32 Å². The summed E-state index contributed by atoms with van der Waals surface area (Å²) in [5.74, 6) is -0.0107. The molecule has 1 heterocycles. The molecule has 0 saturated carbocycles. The molecule has 1 N–H and O–H groups in total. The summed E-state index contributed by atoms with van der Waals surface area (Å²) in [6, 6.07) is 16.2. The summed E-state index contributed by atoms with van der Waals surface area (Å²) < 4.78 is 6.67. The largest absolute Gasteiger partial charge is 0.377 e. The van der Waals surface area contributed by atoms with Gasteiger partial charge in [0.25, 0.3) is 0 Å². The highest BCUT2D eigenvalue weighted by Gasteiger charge is 2.21. The van der Waals surface area contributed by atoms with E-state index in [2.05, 4.69) is 38.3 Å². The van der Waals surface area contributed by atoms with Crippen molar-refractivity contribution in [2.24, 2.45) is 0 Å². The lowest BCUT2D eigenvalue weighted by molar-refractivity contribution is -0.117. The Balaban J connectivity index is 1.64. The van der Waals surface area contributed by atoms with Gasteiger partial charge in [0.2, 0.25) is 5.91 Å². The van der Waals surface area contributed by atoms with Crippen LogP contribution in [0.2, 0.25) is 0 Å². The Kier molecular flexibility index (Phi) is 6.83. The first kappa shape index (κ1) is 19.1. The van der Waals surface area contributed by atoms with Crippen molar-refractivity contribution in [3.8, 4) is 0 Å². The summed E-state index contributed by atoms with van der Waals surface area (Å²) in [6.45, 7) is 4.71. The third-order valence-corrected chi connectivity index (χ3v) is 5.16. The Morgan fingerprint density at radius 1 is 1.27 bits per heavy atom. The average Bonchev–Trinajstić information content (AvgIpc) is 3.11. The molecule has 138 valence electrons. The van der Waals surface area contributed by atoms with E-state index >= 15 is 0 Å². The van der Waals surface area contributed by atoms with Gasteiger partial charge in [-0.25, -0.2) is 0 Å². The maximum absolute atomic E-state index is 12.6. The molecule has 2 aromatic carbocycles. The molecule has 0 aromatic heterocycles. The van der Waals surface area contributed by atoms with Crippen LogP contribution in [0.4, 0.5) is 5.69 Å². The number of benzene rings is 2. The predicted octanol–water partition coefficient (Wildman–Crippen LogP) is 4.38. The fourth-order valence-corrected chi connectivity index (χ4v) is 3.81. The Morgan fingerprint density at radius 3 is 2.77 bits per heavy atom. The van der Waals surface area contributed by atoms with Crippen LogP contribution in [0.3, 0.4) is 0 Å². The molecule has 1 aliphatic rings. The zero-order chi connectivity index (χ0) is 18.4. The smallest absolute Gasteiger partial charge is 0.238 e. The third kappa shape index (κ3) is 5.66. The fraction of sp³-hybridized carbons (Fsp3) is 0.381. The van der Waals surface area contributed by atoms with Crippen molar-refractivity contribution in [3.05, 3.63) is 64.1 Å². The molecule has 3 rings (SSSR count). The van der Waals surface area contributed by atoms with E-state index in [-0.39, 0.29) is 12.0 Å². The van der Waals surface area contributed by atoms with Gasteiger partial charge >= 0.3 is 0 Å². The molecule has 5 heteroatoms. The molecule has 0 bridgehead atoms. The predicted molar refractivity (Wildman–Crippen MR) is 108 cm³/mol. The molecule has 1 atom stereocenters. The molecule has 1 unspecified atom stereocenters. The monoisotopic (exact) mass is 416 g/mol. The van der Waals surface area contributed by atoms with Gasteiger partial charge in [-0.2, -0.15) is 0 Å². The number of carbonyl (C=O) groups excluding carboxylic acids is 1. The number of hydrogen-bond acceptors (Lipinski definition) is 3. The fourth-order valence-electron chi connectivity index (χ4n) is 3.22. The summed E-state index contributed by atoms with van der Waals surface area (Å²) in [4.78, 5) is 14.8. The van der Waals surface area contributed by atoms with Crippen molar-refractivity contribution in [1.82, 2.24) is 4.90 Å². The van der Waals surface area contributed by atoms with Crippen LogP contribution >= 0.6 is 15.9 Å². The average molecular weight is 417 g/mol. The van der Waals surface area contributed by atoms with E-state index in [0.717, 1.165) is 48.3 Å². The quantitative estimate of drug-likeness (QED) is 0.727. The first-order valence-electron chi connectivity index (χ1n) is 9.04. The van der Waals surface area contributed by atoms with Gasteiger partial charge in [-0.05, 0) is 59.0 Å². The lowest BCUT2D eigenvalue weighted by atomic mass is 10.2. The molecule has 1 amide bonds. The zero-order valence-electron chi connectivity index (χ0n) is 15.1.